The summed E-state index contributed by atoms with van der Waals surface area (Å²) in [7, 11) is -2.30. The second-order valence-electron chi connectivity index (χ2n) is 6.68. The van der Waals surface area contributed by atoms with Crippen molar-refractivity contribution >= 4 is 10.0 Å². The van der Waals surface area contributed by atoms with Gasteiger partial charge in [0.2, 0.25) is 0 Å². The molecular weight excluding hydrogens is 370 g/mol. The van der Waals surface area contributed by atoms with Gasteiger partial charge in [-0.2, -0.15) is 9.40 Å². The lowest BCUT2D eigenvalue weighted by Crippen LogP contribution is -2.38. The summed E-state index contributed by atoms with van der Waals surface area (Å²) in [5.41, 5.74) is 0.831. The molecule has 0 amide bonds. The van der Waals surface area contributed by atoms with Gasteiger partial charge in [0.25, 0.3) is 15.6 Å². The summed E-state index contributed by atoms with van der Waals surface area (Å²) < 4.78 is 29.5. The first-order chi connectivity index (χ1) is 12.6. The summed E-state index contributed by atoms with van der Waals surface area (Å²) in [6.45, 7) is 7.55. The van der Waals surface area contributed by atoms with Gasteiger partial charge >= 0.3 is 5.69 Å². The van der Waals surface area contributed by atoms with E-state index in [4.69, 9.17) is 0 Å². The number of aromatic amines is 2. The molecule has 0 saturated carbocycles. The van der Waals surface area contributed by atoms with Crippen molar-refractivity contribution in [3.8, 4) is 0 Å². The molecule has 0 unspecified atom stereocenters. The maximum Gasteiger partial charge on any atom is 0.325 e. The van der Waals surface area contributed by atoms with Crippen molar-refractivity contribution in [3.05, 3.63) is 43.5 Å². The highest BCUT2D eigenvalue weighted by Gasteiger charge is 2.31. The van der Waals surface area contributed by atoms with Gasteiger partial charge in [-0.3, -0.25) is 14.5 Å². The van der Waals surface area contributed by atoms with Gasteiger partial charge in [-0.05, 0) is 27.2 Å². The third-order valence-corrected chi connectivity index (χ3v) is 6.68. The Hall–Kier alpha value is -2.20. The van der Waals surface area contributed by atoms with E-state index in [0.717, 1.165) is 29.8 Å². The van der Waals surface area contributed by atoms with E-state index < -0.39 is 26.2 Å². The van der Waals surface area contributed by atoms with E-state index in [1.807, 2.05) is 25.8 Å². The second kappa shape index (κ2) is 8.22. The molecule has 150 valence electrons. The zero-order valence-electron chi connectivity index (χ0n) is 16.4. The van der Waals surface area contributed by atoms with Crippen molar-refractivity contribution in [1.82, 2.24) is 24.1 Å². The molecule has 0 saturated heterocycles. The summed E-state index contributed by atoms with van der Waals surface area (Å²) in [6, 6.07) is 0. The molecule has 9 nitrogen and oxygen atoms in total. The van der Waals surface area contributed by atoms with Crippen LogP contribution < -0.4 is 11.2 Å². The van der Waals surface area contributed by atoms with E-state index in [9.17, 15) is 18.0 Å². The van der Waals surface area contributed by atoms with Crippen LogP contribution in [-0.2, 0) is 23.6 Å². The van der Waals surface area contributed by atoms with Crippen LogP contribution in [0.4, 0.5) is 0 Å². The summed E-state index contributed by atoms with van der Waals surface area (Å²) in [5.74, 6) is 0. The minimum Gasteiger partial charge on any atom is -0.310 e. The Balaban J connectivity index is 2.52. The second-order valence-corrected chi connectivity index (χ2v) is 8.56. The molecule has 2 aromatic rings. The largest absolute Gasteiger partial charge is 0.325 e. The summed E-state index contributed by atoms with van der Waals surface area (Å²) in [6.07, 6.45) is 2.49. The van der Waals surface area contributed by atoms with E-state index in [-0.39, 0.29) is 18.8 Å². The number of H-pyrrole nitrogens is 2. The molecule has 0 fully saturated rings. The Morgan fingerprint density at radius 1 is 1.11 bits per heavy atom. The van der Waals surface area contributed by atoms with Crippen LogP contribution in [0.2, 0.25) is 0 Å². The number of nitrogens with zero attached hydrogens (tertiary/aromatic N) is 3. The Morgan fingerprint density at radius 2 is 1.78 bits per heavy atom. The van der Waals surface area contributed by atoms with Gasteiger partial charge in [0, 0.05) is 37.1 Å². The molecule has 0 spiro atoms. The zero-order valence-corrected chi connectivity index (χ0v) is 17.2. The fourth-order valence-corrected chi connectivity index (χ4v) is 4.72. The fourth-order valence-electron chi connectivity index (χ4n) is 3.07. The lowest BCUT2D eigenvalue weighted by atomic mass is 10.2. The van der Waals surface area contributed by atoms with Crippen molar-refractivity contribution in [2.75, 3.05) is 6.54 Å². The Labute approximate surface area is 158 Å². The first-order valence-corrected chi connectivity index (χ1v) is 10.4. The number of aromatic nitrogens is 4. The molecule has 2 rings (SSSR count). The predicted molar refractivity (Wildman–Crippen MR) is 102 cm³/mol. The lowest BCUT2D eigenvalue weighted by Gasteiger charge is -2.22. The van der Waals surface area contributed by atoms with Crippen LogP contribution in [0.25, 0.3) is 0 Å². The number of nitrogens with one attached hydrogen (secondary N) is 2. The Bertz CT molecular complexity index is 1030. The zero-order chi connectivity index (χ0) is 20.4. The van der Waals surface area contributed by atoms with E-state index in [1.165, 1.54) is 11.2 Å². The first-order valence-electron chi connectivity index (χ1n) is 8.92. The van der Waals surface area contributed by atoms with E-state index in [1.54, 1.807) is 11.7 Å². The maximum absolute atomic E-state index is 13.3. The van der Waals surface area contributed by atoms with E-state index in [0.29, 0.717) is 6.42 Å². The number of hydrogen-bond donors (Lipinski definition) is 2. The third-order valence-electron chi connectivity index (χ3n) is 4.68. The highest BCUT2D eigenvalue weighted by atomic mass is 32.2. The van der Waals surface area contributed by atoms with Gasteiger partial charge in [-0.15, -0.1) is 0 Å². The molecule has 0 atom stereocenters. The molecule has 2 heterocycles. The molecule has 2 N–H and O–H groups in total. The molecule has 0 aliphatic carbocycles. The highest BCUT2D eigenvalue weighted by Crippen LogP contribution is 2.21. The molecule has 10 heteroatoms. The quantitative estimate of drug-likeness (QED) is 0.646. The van der Waals surface area contributed by atoms with Crippen molar-refractivity contribution in [2.45, 2.75) is 58.4 Å². The van der Waals surface area contributed by atoms with Crippen molar-refractivity contribution in [3.63, 3.8) is 0 Å². The number of hydrogen-bond acceptors (Lipinski definition) is 5. The maximum atomic E-state index is 13.3. The minimum atomic E-state index is -4.10. The van der Waals surface area contributed by atoms with Crippen molar-refractivity contribution in [1.29, 1.82) is 0 Å². The highest BCUT2D eigenvalue weighted by molar-refractivity contribution is 7.89. The normalized spacial score (nSPS) is 12.1. The summed E-state index contributed by atoms with van der Waals surface area (Å²) in [4.78, 5) is 27.6. The van der Waals surface area contributed by atoms with Crippen molar-refractivity contribution < 1.29 is 8.42 Å². The standard InChI is InChI=1S/C17H27N5O4S/c1-6-7-8-9-22(10-14-11(2)20-21(5)13(14)4)27(25,26)15-12(3)18-17(24)19-16(15)23/h6-10H2,1-5H3,(H2,18,19,23,24). The summed E-state index contributed by atoms with van der Waals surface area (Å²) >= 11 is 0. The molecule has 27 heavy (non-hydrogen) atoms. The Kier molecular flexibility index (Phi) is 6.42. The SMILES string of the molecule is CCCCCN(Cc1c(C)nn(C)c1C)S(=O)(=O)c1c(C)[nH]c(=O)[nH]c1=O. The van der Waals surface area contributed by atoms with Gasteiger partial charge < -0.3 is 4.98 Å². The number of sulfonamides is 1. The van der Waals surface area contributed by atoms with Crippen LogP contribution >= 0.6 is 0 Å². The number of unbranched alkanes of at least 4 members (excludes halogenated alkanes) is 2. The van der Waals surface area contributed by atoms with E-state index in [2.05, 4.69) is 10.1 Å². The average molecular weight is 398 g/mol. The molecule has 0 bridgehead atoms. The summed E-state index contributed by atoms with van der Waals surface area (Å²) in [5, 5.41) is 4.34. The van der Waals surface area contributed by atoms with Crippen LogP contribution in [0.3, 0.4) is 0 Å². The van der Waals surface area contributed by atoms with Gasteiger partial charge in [0.15, 0.2) is 4.90 Å². The third kappa shape index (κ3) is 4.38. The predicted octanol–water partition coefficient (Wildman–Crippen LogP) is 1.10. The van der Waals surface area contributed by atoms with Crippen LogP contribution in [0.1, 0.15) is 48.8 Å². The molecule has 0 aliphatic heterocycles. The van der Waals surface area contributed by atoms with Crippen molar-refractivity contribution in [2.24, 2.45) is 7.05 Å². The van der Waals surface area contributed by atoms with Crippen LogP contribution in [0, 0.1) is 20.8 Å². The van der Waals surface area contributed by atoms with Crippen LogP contribution in [-0.4, -0.2) is 39.0 Å². The molecule has 0 aliphatic rings. The number of aryl methyl sites for hydroxylation is 3. The minimum absolute atomic E-state index is 0.0314. The smallest absolute Gasteiger partial charge is 0.310 e. The monoisotopic (exact) mass is 397 g/mol. The van der Waals surface area contributed by atoms with Gasteiger partial charge in [-0.1, -0.05) is 19.8 Å². The topological polar surface area (TPSA) is 121 Å². The molecule has 0 aromatic carbocycles. The molecular formula is C17H27N5O4S. The van der Waals surface area contributed by atoms with Gasteiger partial charge in [0.1, 0.15) is 0 Å². The lowest BCUT2D eigenvalue weighted by molar-refractivity contribution is 0.391. The molecule has 2 aromatic heterocycles. The average Bonchev–Trinajstić information content (AvgIpc) is 2.78. The first kappa shape index (κ1) is 21.1. The van der Waals surface area contributed by atoms with Crippen LogP contribution in [0.5, 0.6) is 0 Å². The fraction of sp³-hybridized carbons (Fsp3) is 0.588. The Morgan fingerprint density at radius 3 is 2.30 bits per heavy atom. The number of rotatable bonds is 8. The van der Waals surface area contributed by atoms with Gasteiger partial charge in [0.05, 0.1) is 5.69 Å². The van der Waals surface area contributed by atoms with Gasteiger partial charge in [-0.25, -0.2) is 13.2 Å². The van der Waals surface area contributed by atoms with Crippen LogP contribution in [0.15, 0.2) is 14.5 Å². The van der Waals surface area contributed by atoms with E-state index >= 15 is 0 Å². The molecule has 0 radical (unpaired) electrons.